The van der Waals surface area contributed by atoms with Crippen LogP contribution in [0.2, 0.25) is 0 Å². The number of hydrogen-bond donors (Lipinski definition) is 0. The van der Waals surface area contributed by atoms with E-state index in [0.717, 1.165) is 32.5 Å². The van der Waals surface area contributed by atoms with Crippen LogP contribution in [0.15, 0.2) is 12.7 Å². The van der Waals surface area contributed by atoms with Crippen LogP contribution in [0, 0.1) is 17.2 Å². The van der Waals surface area contributed by atoms with Crippen LogP contribution in [0.3, 0.4) is 0 Å². The number of hydrogen-bond acceptors (Lipinski definition) is 2. The van der Waals surface area contributed by atoms with E-state index in [1.165, 1.54) is 0 Å². The van der Waals surface area contributed by atoms with Crippen LogP contribution in [0.4, 0.5) is 0 Å². The first-order valence-electron chi connectivity index (χ1n) is 5.41. The van der Waals surface area contributed by atoms with E-state index in [1.54, 1.807) is 0 Å². The van der Waals surface area contributed by atoms with E-state index in [4.69, 9.17) is 5.26 Å². The summed E-state index contributed by atoms with van der Waals surface area (Å²) in [5.41, 5.74) is 0. The van der Waals surface area contributed by atoms with Gasteiger partial charge in [0.15, 0.2) is 0 Å². The van der Waals surface area contributed by atoms with Crippen molar-refractivity contribution in [2.75, 3.05) is 19.6 Å². The molecule has 0 N–H and O–H groups in total. The molecule has 0 spiro atoms. The van der Waals surface area contributed by atoms with Gasteiger partial charge >= 0.3 is 0 Å². The fourth-order valence-electron chi connectivity index (χ4n) is 1.48. The summed E-state index contributed by atoms with van der Waals surface area (Å²) < 4.78 is 0. The summed E-state index contributed by atoms with van der Waals surface area (Å²) in [6.07, 6.45) is 4.82. The number of nitrogens with zero attached hydrogens (tertiary/aromatic N) is 2. The minimum atomic E-state index is 0.640. The van der Waals surface area contributed by atoms with Gasteiger partial charge in [-0.25, -0.2) is 0 Å². The standard InChI is InChI=1S/C12H22N2/c1-4-5-6-9-14(10-7-8-13)11-12(2)3/h4,12H,1,5-7,9-11H2,2-3H3. The largest absolute Gasteiger partial charge is 0.302 e. The van der Waals surface area contributed by atoms with E-state index in [2.05, 4.69) is 31.4 Å². The average molecular weight is 194 g/mol. The molecule has 2 heteroatoms. The Morgan fingerprint density at radius 3 is 2.64 bits per heavy atom. The molecule has 14 heavy (non-hydrogen) atoms. The van der Waals surface area contributed by atoms with Gasteiger partial charge in [0.05, 0.1) is 6.07 Å². The van der Waals surface area contributed by atoms with Gasteiger partial charge in [-0.1, -0.05) is 19.9 Å². The van der Waals surface area contributed by atoms with Crippen molar-refractivity contribution < 1.29 is 0 Å². The van der Waals surface area contributed by atoms with Crippen molar-refractivity contribution in [1.82, 2.24) is 4.90 Å². The van der Waals surface area contributed by atoms with Crippen LogP contribution in [-0.2, 0) is 0 Å². The fourth-order valence-corrected chi connectivity index (χ4v) is 1.48. The first-order chi connectivity index (χ1) is 6.70. The summed E-state index contributed by atoms with van der Waals surface area (Å²) in [7, 11) is 0. The van der Waals surface area contributed by atoms with Gasteiger partial charge in [-0.2, -0.15) is 5.26 Å². The van der Waals surface area contributed by atoms with E-state index in [9.17, 15) is 0 Å². The quantitative estimate of drug-likeness (QED) is 0.439. The molecule has 0 saturated heterocycles. The first-order valence-corrected chi connectivity index (χ1v) is 5.41. The minimum Gasteiger partial charge on any atom is -0.302 e. The van der Waals surface area contributed by atoms with Crippen LogP contribution in [-0.4, -0.2) is 24.5 Å². The van der Waals surface area contributed by atoms with E-state index in [1.807, 2.05) is 6.08 Å². The lowest BCUT2D eigenvalue weighted by molar-refractivity contribution is 0.247. The second-order valence-electron chi connectivity index (χ2n) is 4.03. The van der Waals surface area contributed by atoms with Crippen molar-refractivity contribution in [3.63, 3.8) is 0 Å². The maximum absolute atomic E-state index is 8.53. The third-order valence-corrected chi connectivity index (χ3v) is 2.05. The number of rotatable bonds is 8. The highest BCUT2D eigenvalue weighted by Crippen LogP contribution is 2.02. The minimum absolute atomic E-state index is 0.640. The Bertz CT molecular complexity index is 179. The zero-order valence-corrected chi connectivity index (χ0v) is 9.50. The van der Waals surface area contributed by atoms with E-state index in [0.29, 0.717) is 12.3 Å². The Kier molecular flexibility index (Phi) is 8.27. The van der Waals surface area contributed by atoms with Crippen LogP contribution in [0.25, 0.3) is 0 Å². The summed E-state index contributed by atoms with van der Waals surface area (Å²) in [6.45, 7) is 11.2. The summed E-state index contributed by atoms with van der Waals surface area (Å²) in [6, 6.07) is 2.20. The van der Waals surface area contributed by atoms with Crippen LogP contribution in [0.1, 0.15) is 33.1 Å². The van der Waals surface area contributed by atoms with Gasteiger partial charge in [0, 0.05) is 19.5 Å². The molecule has 0 radical (unpaired) electrons. The summed E-state index contributed by atoms with van der Waals surface area (Å²) >= 11 is 0. The highest BCUT2D eigenvalue weighted by Gasteiger charge is 2.05. The maximum Gasteiger partial charge on any atom is 0.0635 e. The Morgan fingerprint density at radius 2 is 2.14 bits per heavy atom. The molecule has 0 fully saturated rings. The van der Waals surface area contributed by atoms with Gasteiger partial charge < -0.3 is 4.90 Å². The normalized spacial score (nSPS) is 10.5. The Balaban J connectivity index is 3.72. The molecule has 0 aromatic rings. The predicted molar refractivity (Wildman–Crippen MR) is 60.9 cm³/mol. The first kappa shape index (κ1) is 13.2. The molecule has 0 aliphatic heterocycles. The molecular weight excluding hydrogens is 172 g/mol. The van der Waals surface area contributed by atoms with Gasteiger partial charge in [0.1, 0.15) is 0 Å². The molecule has 0 amide bonds. The Hall–Kier alpha value is -0.810. The van der Waals surface area contributed by atoms with Crippen LogP contribution >= 0.6 is 0 Å². The third kappa shape index (κ3) is 7.82. The Labute approximate surface area is 88.2 Å². The maximum atomic E-state index is 8.53. The lowest BCUT2D eigenvalue weighted by Crippen LogP contribution is -2.29. The second kappa shape index (κ2) is 8.77. The van der Waals surface area contributed by atoms with Crippen LogP contribution in [0.5, 0.6) is 0 Å². The van der Waals surface area contributed by atoms with Gasteiger partial charge in [0.2, 0.25) is 0 Å². The smallest absolute Gasteiger partial charge is 0.0635 e. The van der Waals surface area contributed by atoms with Crippen molar-refractivity contribution in [1.29, 1.82) is 5.26 Å². The molecule has 0 atom stereocenters. The molecule has 0 rings (SSSR count). The van der Waals surface area contributed by atoms with Gasteiger partial charge in [0.25, 0.3) is 0 Å². The summed E-state index contributed by atoms with van der Waals surface area (Å²) in [4.78, 5) is 2.37. The predicted octanol–water partition coefficient (Wildman–Crippen LogP) is 2.82. The van der Waals surface area contributed by atoms with Gasteiger partial charge in [-0.3, -0.25) is 0 Å². The molecule has 2 nitrogen and oxygen atoms in total. The Morgan fingerprint density at radius 1 is 1.43 bits per heavy atom. The average Bonchev–Trinajstić information content (AvgIpc) is 2.13. The van der Waals surface area contributed by atoms with E-state index >= 15 is 0 Å². The van der Waals surface area contributed by atoms with Crippen molar-refractivity contribution in [3.8, 4) is 6.07 Å². The molecule has 0 bridgehead atoms. The van der Waals surface area contributed by atoms with E-state index < -0.39 is 0 Å². The molecule has 0 aliphatic rings. The monoisotopic (exact) mass is 194 g/mol. The summed E-state index contributed by atoms with van der Waals surface area (Å²) in [5.74, 6) is 0.678. The molecule has 0 aromatic heterocycles. The van der Waals surface area contributed by atoms with Crippen molar-refractivity contribution in [2.24, 2.45) is 5.92 Å². The third-order valence-electron chi connectivity index (χ3n) is 2.05. The van der Waals surface area contributed by atoms with Crippen molar-refractivity contribution in [3.05, 3.63) is 12.7 Å². The second-order valence-corrected chi connectivity index (χ2v) is 4.03. The number of nitriles is 1. The molecule has 0 unspecified atom stereocenters. The fraction of sp³-hybridized carbons (Fsp3) is 0.750. The molecule has 0 aliphatic carbocycles. The highest BCUT2D eigenvalue weighted by molar-refractivity contribution is 4.74. The van der Waals surface area contributed by atoms with Crippen molar-refractivity contribution >= 4 is 0 Å². The lowest BCUT2D eigenvalue weighted by atomic mass is 10.2. The zero-order valence-electron chi connectivity index (χ0n) is 9.50. The number of unbranched alkanes of at least 4 members (excludes halogenated alkanes) is 1. The highest BCUT2D eigenvalue weighted by atomic mass is 15.1. The van der Waals surface area contributed by atoms with Crippen molar-refractivity contribution in [2.45, 2.75) is 33.1 Å². The van der Waals surface area contributed by atoms with Gasteiger partial charge in [-0.15, -0.1) is 6.58 Å². The lowest BCUT2D eigenvalue weighted by Gasteiger charge is -2.22. The number of allylic oxidation sites excluding steroid dienone is 1. The van der Waals surface area contributed by atoms with E-state index in [-0.39, 0.29) is 0 Å². The molecule has 0 saturated carbocycles. The molecular formula is C12H22N2. The van der Waals surface area contributed by atoms with Gasteiger partial charge in [-0.05, 0) is 25.3 Å². The molecule has 0 aromatic carbocycles. The SMILES string of the molecule is C=CCCCN(CCC#N)CC(C)C. The zero-order chi connectivity index (χ0) is 10.8. The van der Waals surface area contributed by atoms with Crippen LogP contribution < -0.4 is 0 Å². The summed E-state index contributed by atoms with van der Waals surface area (Å²) in [5, 5.41) is 8.53. The topological polar surface area (TPSA) is 27.0 Å². The molecule has 80 valence electrons. The molecule has 0 heterocycles.